The van der Waals surface area contributed by atoms with Crippen LogP contribution in [0, 0.1) is 19.8 Å². The highest BCUT2D eigenvalue weighted by atomic mass is 16.5. The lowest BCUT2D eigenvalue weighted by Crippen LogP contribution is -2.27. The molecule has 0 bridgehead atoms. The maximum Gasteiger partial charge on any atom is 0.311 e. The van der Waals surface area contributed by atoms with Crippen LogP contribution in [0.25, 0.3) is 0 Å². The van der Waals surface area contributed by atoms with Crippen LogP contribution in [-0.4, -0.2) is 42.5 Å². The zero-order valence-corrected chi connectivity index (χ0v) is 17.5. The molecule has 1 aliphatic heterocycles. The lowest BCUT2D eigenvalue weighted by molar-refractivity contribution is -0.147. The summed E-state index contributed by atoms with van der Waals surface area (Å²) in [5, 5.41) is 0. The number of anilines is 1. The highest BCUT2D eigenvalue weighted by molar-refractivity contribution is 6.02. The summed E-state index contributed by atoms with van der Waals surface area (Å²) in [6.07, 6.45) is 1.80. The van der Waals surface area contributed by atoms with Crippen molar-refractivity contribution in [1.29, 1.82) is 0 Å². The number of amides is 1. The fourth-order valence-corrected chi connectivity index (χ4v) is 3.78. The quantitative estimate of drug-likeness (QED) is 0.380. The van der Waals surface area contributed by atoms with E-state index < -0.39 is 11.9 Å². The Labute approximate surface area is 175 Å². The van der Waals surface area contributed by atoms with Crippen molar-refractivity contribution >= 4 is 23.3 Å². The summed E-state index contributed by atoms with van der Waals surface area (Å²) in [5.41, 5.74) is 2.90. The number of ketones is 1. The molecule has 7 nitrogen and oxygen atoms in total. The normalized spacial score (nSPS) is 15.9. The van der Waals surface area contributed by atoms with E-state index in [4.69, 9.17) is 9.47 Å². The number of ether oxygens (including phenoxy) is 2. The summed E-state index contributed by atoms with van der Waals surface area (Å²) in [4.78, 5) is 39.1. The van der Waals surface area contributed by atoms with Crippen LogP contribution in [0.1, 0.15) is 28.2 Å². The Bertz CT molecular complexity index is 991. The number of Topliss-reactive ketones (excluding diaryl/α,β-unsaturated/α-hetero) is 1. The molecule has 0 unspecified atom stereocenters. The van der Waals surface area contributed by atoms with Gasteiger partial charge in [0.15, 0.2) is 6.61 Å². The smallest absolute Gasteiger partial charge is 0.311 e. The molecule has 1 saturated heterocycles. The van der Waals surface area contributed by atoms with Crippen molar-refractivity contribution in [2.45, 2.75) is 26.8 Å². The molecule has 0 radical (unpaired) electrons. The van der Waals surface area contributed by atoms with Gasteiger partial charge in [-0.1, -0.05) is 18.2 Å². The molecule has 158 valence electrons. The van der Waals surface area contributed by atoms with Gasteiger partial charge in [0.1, 0.15) is 5.75 Å². The molecular weight excluding hydrogens is 384 g/mol. The van der Waals surface area contributed by atoms with Crippen LogP contribution in [0.4, 0.5) is 5.69 Å². The molecule has 1 aliphatic rings. The highest BCUT2D eigenvalue weighted by Crippen LogP contribution is 2.33. The third kappa shape index (κ3) is 4.15. The van der Waals surface area contributed by atoms with Crippen molar-refractivity contribution < 1.29 is 23.9 Å². The number of nitrogens with zero attached hydrogens (tertiary/aromatic N) is 2. The molecule has 1 fully saturated rings. The van der Waals surface area contributed by atoms with Gasteiger partial charge in [-0.15, -0.1) is 6.58 Å². The molecule has 2 heterocycles. The Hall–Kier alpha value is -3.35. The Kier molecular flexibility index (Phi) is 6.40. The number of rotatable bonds is 8. The van der Waals surface area contributed by atoms with Crippen LogP contribution in [0.3, 0.4) is 0 Å². The van der Waals surface area contributed by atoms with Crippen molar-refractivity contribution in [2.75, 3.05) is 25.2 Å². The van der Waals surface area contributed by atoms with Crippen LogP contribution < -0.4 is 9.64 Å². The number of aromatic nitrogens is 1. The molecule has 2 aromatic rings. The number of methoxy groups -OCH3 is 1. The van der Waals surface area contributed by atoms with Gasteiger partial charge >= 0.3 is 5.97 Å². The van der Waals surface area contributed by atoms with Crippen molar-refractivity contribution in [2.24, 2.45) is 5.92 Å². The lowest BCUT2D eigenvalue weighted by Gasteiger charge is -2.19. The monoisotopic (exact) mass is 410 g/mol. The van der Waals surface area contributed by atoms with E-state index >= 15 is 0 Å². The zero-order valence-electron chi connectivity index (χ0n) is 17.5. The minimum Gasteiger partial charge on any atom is -0.495 e. The van der Waals surface area contributed by atoms with E-state index in [-0.39, 0.29) is 31.3 Å². The Morgan fingerprint density at radius 1 is 1.27 bits per heavy atom. The first-order chi connectivity index (χ1) is 14.4. The van der Waals surface area contributed by atoms with Crippen LogP contribution in [0.5, 0.6) is 5.75 Å². The number of hydrogen-bond donors (Lipinski definition) is 0. The van der Waals surface area contributed by atoms with E-state index in [9.17, 15) is 14.4 Å². The standard InChI is InChI=1S/C23H26N2O5/c1-5-10-24-15(2)11-18(16(24)3)20(26)14-30-23(28)17-12-22(27)25(13-17)19-8-6-7-9-21(19)29-4/h5-9,11,17H,1,10,12-14H2,2-4H3/t17-/m0/s1. The first-order valence-corrected chi connectivity index (χ1v) is 9.78. The molecule has 1 amide bonds. The van der Waals surface area contributed by atoms with E-state index in [1.807, 2.05) is 24.5 Å². The van der Waals surface area contributed by atoms with Crippen LogP contribution in [0.15, 0.2) is 43.0 Å². The SMILES string of the molecule is C=CCn1c(C)cc(C(=O)COC(=O)[C@H]2CC(=O)N(c3ccccc3OC)C2)c1C. The van der Waals surface area contributed by atoms with Gasteiger partial charge < -0.3 is 18.9 Å². The minimum absolute atomic E-state index is 0.0406. The van der Waals surface area contributed by atoms with Crippen molar-refractivity contribution in [3.8, 4) is 5.75 Å². The first-order valence-electron chi connectivity index (χ1n) is 9.78. The summed E-state index contributed by atoms with van der Waals surface area (Å²) in [6, 6.07) is 8.94. The third-order valence-corrected chi connectivity index (χ3v) is 5.37. The highest BCUT2D eigenvalue weighted by Gasteiger charge is 2.37. The van der Waals surface area contributed by atoms with E-state index in [0.29, 0.717) is 23.5 Å². The van der Waals surface area contributed by atoms with E-state index in [0.717, 1.165) is 11.4 Å². The Balaban J connectivity index is 1.63. The summed E-state index contributed by atoms with van der Waals surface area (Å²) in [7, 11) is 1.53. The average molecular weight is 410 g/mol. The summed E-state index contributed by atoms with van der Waals surface area (Å²) in [5.74, 6) is -1.05. The second-order valence-corrected chi connectivity index (χ2v) is 7.29. The molecular formula is C23H26N2O5. The maximum atomic E-state index is 12.6. The van der Waals surface area contributed by atoms with Crippen LogP contribution in [-0.2, 0) is 20.9 Å². The number of esters is 1. The number of benzene rings is 1. The van der Waals surface area contributed by atoms with E-state index in [2.05, 4.69) is 6.58 Å². The molecule has 30 heavy (non-hydrogen) atoms. The number of para-hydroxylation sites is 2. The van der Waals surface area contributed by atoms with Crippen molar-refractivity contribution in [1.82, 2.24) is 4.57 Å². The number of hydrogen-bond acceptors (Lipinski definition) is 5. The third-order valence-electron chi connectivity index (χ3n) is 5.37. The summed E-state index contributed by atoms with van der Waals surface area (Å²) < 4.78 is 12.5. The second-order valence-electron chi connectivity index (χ2n) is 7.29. The largest absolute Gasteiger partial charge is 0.495 e. The van der Waals surface area contributed by atoms with Crippen molar-refractivity contribution in [3.63, 3.8) is 0 Å². The predicted molar refractivity (Wildman–Crippen MR) is 113 cm³/mol. The van der Waals surface area contributed by atoms with Gasteiger partial charge in [0.05, 0.1) is 18.7 Å². The molecule has 0 aliphatic carbocycles. The van der Waals surface area contributed by atoms with Crippen LogP contribution in [0.2, 0.25) is 0 Å². The minimum atomic E-state index is -0.622. The van der Waals surface area contributed by atoms with Crippen molar-refractivity contribution in [3.05, 3.63) is 59.9 Å². The number of carbonyl (C=O) groups is 3. The second kappa shape index (κ2) is 8.98. The lowest BCUT2D eigenvalue weighted by atomic mass is 10.1. The van der Waals surface area contributed by atoms with Gasteiger partial charge in [-0.25, -0.2) is 0 Å². The van der Waals surface area contributed by atoms with Gasteiger partial charge in [-0.3, -0.25) is 14.4 Å². The average Bonchev–Trinajstić information content (AvgIpc) is 3.26. The maximum absolute atomic E-state index is 12.6. The van der Waals surface area contributed by atoms with Gasteiger partial charge in [0, 0.05) is 36.5 Å². The fraction of sp³-hybridized carbons (Fsp3) is 0.348. The predicted octanol–water partition coefficient (Wildman–Crippen LogP) is 3.08. The van der Waals surface area contributed by atoms with Gasteiger partial charge in [-0.05, 0) is 32.0 Å². The Morgan fingerprint density at radius 2 is 2.00 bits per heavy atom. The number of allylic oxidation sites excluding steroid dienone is 1. The molecule has 1 aromatic heterocycles. The molecule has 7 heteroatoms. The first kappa shape index (κ1) is 21.4. The molecule has 1 aromatic carbocycles. The van der Waals surface area contributed by atoms with Gasteiger partial charge in [0.2, 0.25) is 11.7 Å². The number of carbonyl (C=O) groups excluding carboxylic acids is 3. The fourth-order valence-electron chi connectivity index (χ4n) is 3.78. The Morgan fingerprint density at radius 3 is 2.70 bits per heavy atom. The molecule has 3 rings (SSSR count). The van der Waals surface area contributed by atoms with E-state index in [1.165, 1.54) is 12.0 Å². The molecule has 0 spiro atoms. The molecule has 0 N–H and O–H groups in total. The topological polar surface area (TPSA) is 77.8 Å². The number of aryl methyl sites for hydroxylation is 1. The zero-order chi connectivity index (χ0) is 21.8. The van der Waals surface area contributed by atoms with E-state index in [1.54, 1.807) is 30.3 Å². The summed E-state index contributed by atoms with van der Waals surface area (Å²) >= 11 is 0. The van der Waals surface area contributed by atoms with Gasteiger partial charge in [0.25, 0.3) is 0 Å². The van der Waals surface area contributed by atoms with Crippen LogP contribution >= 0.6 is 0 Å². The van der Waals surface area contributed by atoms with Gasteiger partial charge in [-0.2, -0.15) is 0 Å². The summed E-state index contributed by atoms with van der Waals surface area (Å²) in [6.45, 7) is 7.94. The molecule has 1 atom stereocenters. The molecule has 0 saturated carbocycles.